The van der Waals surface area contributed by atoms with E-state index in [1.807, 2.05) is 0 Å². The SMILES string of the molecule is CCOC(=O)/C=C(/C)C(=O)OC. The van der Waals surface area contributed by atoms with Crippen molar-refractivity contribution in [2.75, 3.05) is 13.7 Å². The second-order valence-corrected chi connectivity index (χ2v) is 2.07. The van der Waals surface area contributed by atoms with Crippen molar-refractivity contribution in [3.05, 3.63) is 11.6 Å². The molecule has 0 bridgehead atoms. The molecular formula is C8H12O4. The molecular weight excluding hydrogens is 160 g/mol. The number of methoxy groups -OCH3 is 1. The largest absolute Gasteiger partial charge is 0.466 e. The highest BCUT2D eigenvalue weighted by atomic mass is 16.5. The van der Waals surface area contributed by atoms with E-state index in [4.69, 9.17) is 0 Å². The average molecular weight is 172 g/mol. The van der Waals surface area contributed by atoms with E-state index >= 15 is 0 Å². The van der Waals surface area contributed by atoms with Crippen LogP contribution in [0, 0.1) is 0 Å². The van der Waals surface area contributed by atoms with Crippen LogP contribution in [0.2, 0.25) is 0 Å². The van der Waals surface area contributed by atoms with Crippen molar-refractivity contribution in [1.29, 1.82) is 0 Å². The zero-order valence-corrected chi connectivity index (χ0v) is 7.42. The molecule has 0 saturated carbocycles. The molecule has 0 rings (SSSR count). The maximum atomic E-state index is 10.8. The van der Waals surface area contributed by atoms with Crippen molar-refractivity contribution in [2.45, 2.75) is 13.8 Å². The van der Waals surface area contributed by atoms with Gasteiger partial charge in [0.2, 0.25) is 0 Å². The molecule has 4 heteroatoms. The fraction of sp³-hybridized carbons (Fsp3) is 0.500. The lowest BCUT2D eigenvalue weighted by Gasteiger charge is -1.98. The first-order valence-corrected chi connectivity index (χ1v) is 3.55. The summed E-state index contributed by atoms with van der Waals surface area (Å²) in [6, 6.07) is 0. The van der Waals surface area contributed by atoms with Gasteiger partial charge in [-0.2, -0.15) is 0 Å². The fourth-order valence-electron chi connectivity index (χ4n) is 0.581. The minimum Gasteiger partial charge on any atom is -0.466 e. The molecule has 68 valence electrons. The number of carbonyl (C=O) groups excluding carboxylic acids is 2. The molecule has 0 fully saturated rings. The monoisotopic (exact) mass is 172 g/mol. The number of ether oxygens (including phenoxy) is 2. The van der Waals surface area contributed by atoms with Crippen LogP contribution >= 0.6 is 0 Å². The van der Waals surface area contributed by atoms with Gasteiger partial charge in [-0.05, 0) is 13.8 Å². The summed E-state index contributed by atoms with van der Waals surface area (Å²) in [6.07, 6.45) is 1.11. The topological polar surface area (TPSA) is 52.6 Å². The molecule has 0 atom stereocenters. The summed E-state index contributed by atoms with van der Waals surface area (Å²) >= 11 is 0. The quantitative estimate of drug-likeness (QED) is 0.463. The van der Waals surface area contributed by atoms with E-state index < -0.39 is 11.9 Å². The molecule has 0 saturated heterocycles. The average Bonchev–Trinajstić information content (AvgIpc) is 2.03. The minimum absolute atomic E-state index is 0.232. The molecule has 0 aromatic heterocycles. The number of hydrogen-bond donors (Lipinski definition) is 0. The smallest absolute Gasteiger partial charge is 0.333 e. The second-order valence-electron chi connectivity index (χ2n) is 2.07. The van der Waals surface area contributed by atoms with Crippen LogP contribution in [0.15, 0.2) is 11.6 Å². The van der Waals surface area contributed by atoms with E-state index in [1.54, 1.807) is 6.92 Å². The number of rotatable bonds is 3. The first-order valence-electron chi connectivity index (χ1n) is 3.55. The molecule has 0 radical (unpaired) electrons. The predicted molar refractivity (Wildman–Crippen MR) is 42.4 cm³/mol. The van der Waals surface area contributed by atoms with Gasteiger partial charge in [0, 0.05) is 11.6 Å². The highest BCUT2D eigenvalue weighted by molar-refractivity contribution is 5.95. The van der Waals surface area contributed by atoms with Crippen LogP contribution in [0.3, 0.4) is 0 Å². The number of carbonyl (C=O) groups is 2. The maximum Gasteiger partial charge on any atom is 0.333 e. The van der Waals surface area contributed by atoms with E-state index in [0.717, 1.165) is 6.08 Å². The van der Waals surface area contributed by atoms with Gasteiger partial charge in [0.1, 0.15) is 0 Å². The van der Waals surface area contributed by atoms with Gasteiger partial charge < -0.3 is 9.47 Å². The third-order valence-electron chi connectivity index (χ3n) is 1.13. The number of hydrogen-bond acceptors (Lipinski definition) is 4. The van der Waals surface area contributed by atoms with Crippen LogP contribution in [0.25, 0.3) is 0 Å². The summed E-state index contributed by atoms with van der Waals surface area (Å²) in [5.74, 6) is -1.05. The Morgan fingerprint density at radius 1 is 1.42 bits per heavy atom. The van der Waals surface area contributed by atoms with Crippen LogP contribution in [-0.4, -0.2) is 25.7 Å². The Bertz CT molecular complexity index is 205. The van der Waals surface area contributed by atoms with Crippen molar-refractivity contribution >= 4 is 11.9 Å². The number of esters is 2. The summed E-state index contributed by atoms with van der Waals surface area (Å²) in [5.41, 5.74) is 0.232. The zero-order chi connectivity index (χ0) is 9.56. The van der Waals surface area contributed by atoms with Crippen LogP contribution in [0.1, 0.15) is 13.8 Å². The summed E-state index contributed by atoms with van der Waals surface area (Å²) in [6.45, 7) is 3.48. The van der Waals surface area contributed by atoms with Gasteiger partial charge in [0.05, 0.1) is 13.7 Å². The van der Waals surface area contributed by atoms with Crippen molar-refractivity contribution in [3.8, 4) is 0 Å². The first-order chi connectivity index (χ1) is 5.61. The molecule has 0 unspecified atom stereocenters. The molecule has 0 aliphatic rings. The molecule has 0 N–H and O–H groups in total. The van der Waals surface area contributed by atoms with E-state index in [1.165, 1.54) is 14.0 Å². The lowest BCUT2D eigenvalue weighted by atomic mass is 10.3. The van der Waals surface area contributed by atoms with Gasteiger partial charge in [-0.1, -0.05) is 0 Å². The molecule has 0 aliphatic carbocycles. The summed E-state index contributed by atoms with van der Waals surface area (Å²) in [5, 5.41) is 0. The van der Waals surface area contributed by atoms with E-state index in [0.29, 0.717) is 6.61 Å². The van der Waals surface area contributed by atoms with Gasteiger partial charge >= 0.3 is 11.9 Å². The van der Waals surface area contributed by atoms with Crippen LogP contribution < -0.4 is 0 Å². The van der Waals surface area contributed by atoms with Crippen LogP contribution in [0.5, 0.6) is 0 Å². The highest BCUT2D eigenvalue weighted by Crippen LogP contribution is 1.96. The molecule has 0 spiro atoms. The molecule has 0 heterocycles. The van der Waals surface area contributed by atoms with Crippen LogP contribution in [-0.2, 0) is 19.1 Å². The molecule has 0 aromatic carbocycles. The van der Waals surface area contributed by atoms with Gasteiger partial charge in [-0.3, -0.25) is 0 Å². The van der Waals surface area contributed by atoms with Gasteiger partial charge in [0.25, 0.3) is 0 Å². The Kier molecular flexibility index (Phi) is 4.76. The molecule has 0 aromatic rings. The van der Waals surface area contributed by atoms with Crippen LogP contribution in [0.4, 0.5) is 0 Å². The Hall–Kier alpha value is -1.32. The molecule has 12 heavy (non-hydrogen) atoms. The van der Waals surface area contributed by atoms with E-state index in [9.17, 15) is 9.59 Å². The third kappa shape index (κ3) is 3.75. The summed E-state index contributed by atoms with van der Waals surface area (Å²) in [4.78, 5) is 21.5. The third-order valence-corrected chi connectivity index (χ3v) is 1.13. The fourth-order valence-corrected chi connectivity index (χ4v) is 0.581. The Morgan fingerprint density at radius 2 is 2.00 bits per heavy atom. The first kappa shape index (κ1) is 10.7. The Balaban J connectivity index is 4.15. The van der Waals surface area contributed by atoms with Crippen molar-refractivity contribution in [2.24, 2.45) is 0 Å². The van der Waals surface area contributed by atoms with Crippen molar-refractivity contribution in [1.82, 2.24) is 0 Å². The van der Waals surface area contributed by atoms with E-state index in [-0.39, 0.29) is 5.57 Å². The standard InChI is InChI=1S/C8H12O4/c1-4-12-7(9)5-6(2)8(10)11-3/h5H,4H2,1-3H3/b6-5-. The lowest BCUT2D eigenvalue weighted by molar-refractivity contribution is -0.139. The van der Waals surface area contributed by atoms with Gasteiger partial charge in [-0.15, -0.1) is 0 Å². The summed E-state index contributed by atoms with van der Waals surface area (Å²) < 4.78 is 8.96. The summed E-state index contributed by atoms with van der Waals surface area (Å²) in [7, 11) is 1.25. The Labute approximate surface area is 71.2 Å². The van der Waals surface area contributed by atoms with E-state index in [2.05, 4.69) is 9.47 Å². The minimum atomic E-state index is -0.527. The molecule has 0 amide bonds. The predicted octanol–water partition coefficient (Wildman–Crippen LogP) is 0.669. The zero-order valence-electron chi connectivity index (χ0n) is 7.42. The normalized spacial score (nSPS) is 10.8. The Morgan fingerprint density at radius 3 is 2.42 bits per heavy atom. The lowest BCUT2D eigenvalue weighted by Crippen LogP contribution is -2.06. The molecule has 0 aliphatic heterocycles. The van der Waals surface area contributed by atoms with Gasteiger partial charge in [0.15, 0.2) is 0 Å². The second kappa shape index (κ2) is 5.35. The maximum absolute atomic E-state index is 10.8. The van der Waals surface area contributed by atoms with Crippen molar-refractivity contribution in [3.63, 3.8) is 0 Å². The molecule has 4 nitrogen and oxygen atoms in total. The van der Waals surface area contributed by atoms with Crippen molar-refractivity contribution < 1.29 is 19.1 Å². The van der Waals surface area contributed by atoms with Gasteiger partial charge in [-0.25, -0.2) is 9.59 Å². The highest BCUT2D eigenvalue weighted by Gasteiger charge is 2.05.